The normalized spacial score (nSPS) is 17.5. The van der Waals surface area contributed by atoms with Crippen molar-refractivity contribution in [3.63, 3.8) is 0 Å². The largest absolute Gasteiger partial charge is 0.352 e. The summed E-state index contributed by atoms with van der Waals surface area (Å²) < 4.78 is 27.3. The van der Waals surface area contributed by atoms with Crippen molar-refractivity contribution < 1.29 is 13.2 Å². The summed E-state index contributed by atoms with van der Waals surface area (Å²) in [7, 11) is -3.51. The van der Waals surface area contributed by atoms with E-state index in [1.54, 1.807) is 24.3 Å². The number of hydrogen-bond donors (Lipinski definition) is 1. The summed E-state index contributed by atoms with van der Waals surface area (Å²) in [6.07, 6.45) is 3.24. The molecule has 1 heterocycles. The molecule has 0 radical (unpaired) electrons. The summed E-state index contributed by atoms with van der Waals surface area (Å²) in [4.78, 5) is 12.9. The minimum atomic E-state index is -3.51. The third-order valence-electron chi connectivity index (χ3n) is 5.90. The monoisotopic (exact) mass is 462 g/mol. The van der Waals surface area contributed by atoms with Crippen molar-refractivity contribution in [1.29, 1.82) is 0 Å². The molecule has 1 N–H and O–H groups in total. The van der Waals surface area contributed by atoms with Crippen LogP contribution in [0, 0.1) is 5.92 Å². The fraction of sp³-hybridized carbons (Fsp3) is 0.458. The Balaban J connectivity index is 1.63. The molecule has 0 bridgehead atoms. The van der Waals surface area contributed by atoms with Gasteiger partial charge in [0.2, 0.25) is 15.9 Å². The van der Waals surface area contributed by atoms with E-state index in [1.807, 2.05) is 0 Å². The van der Waals surface area contributed by atoms with E-state index in [0.717, 1.165) is 18.4 Å². The Morgan fingerprint density at radius 2 is 1.90 bits per heavy atom. The second kappa shape index (κ2) is 10.6. The van der Waals surface area contributed by atoms with Gasteiger partial charge in [-0.25, -0.2) is 12.7 Å². The lowest BCUT2D eigenvalue weighted by molar-refractivity contribution is -0.126. The maximum absolute atomic E-state index is 12.9. The molecule has 1 saturated heterocycles. The van der Waals surface area contributed by atoms with Gasteiger partial charge in [0.1, 0.15) is 0 Å². The zero-order valence-corrected chi connectivity index (χ0v) is 19.8. The maximum Gasteiger partial charge on any atom is 0.224 e. The van der Waals surface area contributed by atoms with Crippen LogP contribution >= 0.6 is 11.6 Å². The maximum atomic E-state index is 12.9. The number of piperidine rings is 1. The van der Waals surface area contributed by atoms with E-state index in [4.69, 9.17) is 11.6 Å². The molecule has 1 amide bonds. The fourth-order valence-corrected chi connectivity index (χ4v) is 5.88. The lowest BCUT2D eigenvalue weighted by Crippen LogP contribution is -2.45. The smallest absolute Gasteiger partial charge is 0.224 e. The van der Waals surface area contributed by atoms with Crippen molar-refractivity contribution in [2.45, 2.75) is 51.8 Å². The first-order chi connectivity index (χ1) is 14.8. The predicted molar refractivity (Wildman–Crippen MR) is 125 cm³/mol. The summed E-state index contributed by atoms with van der Waals surface area (Å²) >= 11 is 5.99. The molecule has 2 aromatic carbocycles. The van der Waals surface area contributed by atoms with Crippen LogP contribution in [0.1, 0.15) is 48.9 Å². The van der Waals surface area contributed by atoms with E-state index >= 15 is 0 Å². The number of carbonyl (C=O) groups is 1. The number of sulfonamides is 1. The standard InChI is InChI=1S/C24H31ClN2O3S/c1-3-18-10-11-20(4-2)22(13-18)15-26-24(28)21-8-6-12-27(16-21)31(29,30)17-19-7-5-9-23(25)14-19/h5,7,9-11,13-14,21H,3-4,6,8,12,15-17H2,1-2H3,(H,26,28)/t21-/m1/s1. The van der Waals surface area contributed by atoms with Crippen molar-refractivity contribution in [2.75, 3.05) is 13.1 Å². The summed E-state index contributed by atoms with van der Waals surface area (Å²) in [5.74, 6) is -0.514. The molecule has 3 rings (SSSR count). The first-order valence-electron chi connectivity index (χ1n) is 10.9. The quantitative estimate of drug-likeness (QED) is 0.635. The summed E-state index contributed by atoms with van der Waals surface area (Å²) in [5.41, 5.74) is 4.27. The van der Waals surface area contributed by atoms with Crippen LogP contribution in [0.15, 0.2) is 42.5 Å². The Morgan fingerprint density at radius 3 is 2.61 bits per heavy atom. The number of nitrogens with zero attached hydrogens (tertiary/aromatic N) is 1. The van der Waals surface area contributed by atoms with Gasteiger partial charge in [-0.05, 0) is 60.1 Å². The lowest BCUT2D eigenvalue weighted by atomic mass is 9.97. The Hall–Kier alpha value is -1.89. The molecule has 2 aromatic rings. The van der Waals surface area contributed by atoms with E-state index in [0.29, 0.717) is 36.5 Å². The molecule has 1 aliphatic heterocycles. The minimum absolute atomic E-state index is 0.0772. The van der Waals surface area contributed by atoms with Gasteiger partial charge in [0.15, 0.2) is 0 Å². The van der Waals surface area contributed by atoms with E-state index in [-0.39, 0.29) is 24.1 Å². The second-order valence-electron chi connectivity index (χ2n) is 8.11. The molecule has 1 atom stereocenters. The SMILES string of the molecule is CCc1ccc(CC)c(CNC(=O)[C@@H]2CCCN(S(=O)(=O)Cc3cccc(Cl)c3)C2)c1. The molecule has 5 nitrogen and oxygen atoms in total. The van der Waals surface area contributed by atoms with Gasteiger partial charge < -0.3 is 5.32 Å². The molecule has 0 aliphatic carbocycles. The van der Waals surface area contributed by atoms with Crippen molar-refractivity contribution in [1.82, 2.24) is 9.62 Å². The Kier molecular flexibility index (Phi) is 8.14. The summed E-state index contributed by atoms with van der Waals surface area (Å²) in [6.45, 7) is 5.37. The van der Waals surface area contributed by atoms with Gasteiger partial charge in [0.25, 0.3) is 0 Å². The molecule has 168 valence electrons. The number of nitrogens with one attached hydrogen (secondary N) is 1. The Labute approximate surface area is 190 Å². The number of halogens is 1. The molecule has 0 aromatic heterocycles. The molecular weight excluding hydrogens is 432 g/mol. The van der Waals surface area contributed by atoms with Crippen LogP contribution in [-0.2, 0) is 40.0 Å². The van der Waals surface area contributed by atoms with E-state index in [1.165, 1.54) is 15.4 Å². The molecule has 0 unspecified atom stereocenters. The number of benzene rings is 2. The highest BCUT2D eigenvalue weighted by molar-refractivity contribution is 7.88. The topological polar surface area (TPSA) is 66.5 Å². The van der Waals surface area contributed by atoms with Crippen LogP contribution in [0.5, 0.6) is 0 Å². The number of aryl methyl sites for hydroxylation is 2. The number of rotatable bonds is 8. The average molecular weight is 463 g/mol. The predicted octanol–water partition coefficient (Wildman–Crippen LogP) is 4.32. The van der Waals surface area contributed by atoms with Crippen LogP contribution in [0.3, 0.4) is 0 Å². The number of hydrogen-bond acceptors (Lipinski definition) is 3. The second-order valence-corrected chi connectivity index (χ2v) is 10.5. The zero-order valence-electron chi connectivity index (χ0n) is 18.2. The highest BCUT2D eigenvalue weighted by Crippen LogP contribution is 2.23. The molecule has 1 aliphatic rings. The van der Waals surface area contributed by atoms with Crippen molar-refractivity contribution in [2.24, 2.45) is 5.92 Å². The lowest BCUT2D eigenvalue weighted by Gasteiger charge is -2.31. The van der Waals surface area contributed by atoms with Crippen LogP contribution < -0.4 is 5.32 Å². The highest BCUT2D eigenvalue weighted by Gasteiger charge is 2.32. The highest BCUT2D eigenvalue weighted by atomic mass is 35.5. The minimum Gasteiger partial charge on any atom is -0.352 e. The summed E-state index contributed by atoms with van der Waals surface area (Å²) in [6, 6.07) is 13.3. The molecular formula is C24H31ClN2O3S. The van der Waals surface area contributed by atoms with E-state index in [9.17, 15) is 13.2 Å². The summed E-state index contributed by atoms with van der Waals surface area (Å²) in [5, 5.41) is 3.56. The van der Waals surface area contributed by atoms with Crippen LogP contribution in [0.4, 0.5) is 0 Å². The van der Waals surface area contributed by atoms with E-state index < -0.39 is 10.0 Å². The van der Waals surface area contributed by atoms with Gasteiger partial charge in [-0.3, -0.25) is 4.79 Å². The van der Waals surface area contributed by atoms with E-state index in [2.05, 4.69) is 37.4 Å². The third-order valence-corrected chi connectivity index (χ3v) is 7.95. The van der Waals surface area contributed by atoms with Crippen molar-refractivity contribution >= 4 is 27.5 Å². The molecule has 7 heteroatoms. The van der Waals surface area contributed by atoms with Crippen LogP contribution in [0.2, 0.25) is 5.02 Å². The fourth-order valence-electron chi connectivity index (χ4n) is 4.07. The van der Waals surface area contributed by atoms with Crippen molar-refractivity contribution in [3.05, 3.63) is 69.7 Å². The van der Waals surface area contributed by atoms with Crippen LogP contribution in [-0.4, -0.2) is 31.7 Å². The third kappa shape index (κ3) is 6.31. The molecule has 0 spiro atoms. The molecule has 1 fully saturated rings. The Morgan fingerprint density at radius 1 is 1.10 bits per heavy atom. The number of carbonyl (C=O) groups excluding carboxylic acids is 1. The first kappa shape index (κ1) is 23.8. The van der Waals surface area contributed by atoms with Crippen LogP contribution in [0.25, 0.3) is 0 Å². The molecule has 0 saturated carbocycles. The van der Waals surface area contributed by atoms with Gasteiger partial charge in [-0.1, -0.05) is 55.8 Å². The Bertz CT molecular complexity index is 1020. The molecule has 31 heavy (non-hydrogen) atoms. The first-order valence-corrected chi connectivity index (χ1v) is 12.9. The average Bonchev–Trinajstić information content (AvgIpc) is 2.77. The van der Waals surface area contributed by atoms with Gasteiger partial charge in [0, 0.05) is 24.7 Å². The van der Waals surface area contributed by atoms with Gasteiger partial charge in [-0.15, -0.1) is 0 Å². The van der Waals surface area contributed by atoms with Gasteiger partial charge in [-0.2, -0.15) is 0 Å². The van der Waals surface area contributed by atoms with Gasteiger partial charge in [0.05, 0.1) is 11.7 Å². The van der Waals surface area contributed by atoms with Gasteiger partial charge >= 0.3 is 0 Å². The zero-order chi connectivity index (χ0) is 22.4. The van der Waals surface area contributed by atoms with Crippen molar-refractivity contribution in [3.8, 4) is 0 Å². The number of amides is 1.